The van der Waals surface area contributed by atoms with Gasteiger partial charge >= 0.3 is 6.03 Å². The highest BCUT2D eigenvalue weighted by Gasteiger charge is 2.07. The van der Waals surface area contributed by atoms with Gasteiger partial charge in [0.25, 0.3) is 0 Å². The Morgan fingerprint density at radius 2 is 2.00 bits per heavy atom. The van der Waals surface area contributed by atoms with Crippen molar-refractivity contribution in [1.29, 1.82) is 0 Å². The number of H-pyrrole nitrogens is 1. The number of carbonyl (C=O) groups excluding carboxylic acids is 1. The lowest BCUT2D eigenvalue weighted by Gasteiger charge is -2.07. The van der Waals surface area contributed by atoms with E-state index in [1.54, 1.807) is 12.1 Å². The van der Waals surface area contributed by atoms with Gasteiger partial charge in [0.2, 0.25) is 0 Å². The number of aromatic amines is 1. The van der Waals surface area contributed by atoms with Gasteiger partial charge in [-0.05, 0) is 30.2 Å². The molecule has 0 radical (unpaired) electrons. The highest BCUT2D eigenvalue weighted by molar-refractivity contribution is 5.73. The van der Waals surface area contributed by atoms with Crippen molar-refractivity contribution in [2.45, 2.75) is 20.4 Å². The number of carbonyl (C=O) groups is 1. The van der Waals surface area contributed by atoms with Gasteiger partial charge in [-0.1, -0.05) is 13.8 Å². The highest BCUT2D eigenvalue weighted by atomic mass is 19.1. The van der Waals surface area contributed by atoms with Crippen LogP contribution < -0.4 is 10.6 Å². The molecule has 0 unspecified atom stereocenters. The number of benzene rings is 1. The minimum Gasteiger partial charge on any atom is -0.338 e. The van der Waals surface area contributed by atoms with Gasteiger partial charge in [-0.15, -0.1) is 0 Å². The fourth-order valence-corrected chi connectivity index (χ4v) is 1.63. The molecule has 0 spiro atoms. The predicted octanol–water partition coefficient (Wildman–Crippen LogP) is 2.07. The number of hydrogen-bond donors (Lipinski definition) is 3. The molecule has 7 heteroatoms. The minimum absolute atomic E-state index is 0.247. The van der Waals surface area contributed by atoms with Gasteiger partial charge in [0, 0.05) is 12.1 Å². The number of hydrogen-bond acceptors (Lipinski definition) is 3. The van der Waals surface area contributed by atoms with Crippen LogP contribution in [0.1, 0.15) is 19.7 Å². The van der Waals surface area contributed by atoms with Gasteiger partial charge in [0.1, 0.15) is 11.6 Å². The van der Waals surface area contributed by atoms with Crippen molar-refractivity contribution in [3.8, 4) is 11.4 Å². The van der Waals surface area contributed by atoms with Gasteiger partial charge in [-0.2, -0.15) is 5.10 Å². The third-order valence-corrected chi connectivity index (χ3v) is 2.72. The van der Waals surface area contributed by atoms with E-state index in [-0.39, 0.29) is 18.4 Å². The summed E-state index contributed by atoms with van der Waals surface area (Å²) in [5.41, 5.74) is 0.711. The van der Waals surface area contributed by atoms with Crippen LogP contribution in [0.15, 0.2) is 24.3 Å². The van der Waals surface area contributed by atoms with Crippen molar-refractivity contribution in [3.05, 3.63) is 35.9 Å². The fourth-order valence-electron chi connectivity index (χ4n) is 1.63. The van der Waals surface area contributed by atoms with Gasteiger partial charge in [0.05, 0.1) is 6.54 Å². The topological polar surface area (TPSA) is 82.7 Å². The first-order valence-corrected chi connectivity index (χ1v) is 6.73. The first-order chi connectivity index (χ1) is 10.0. The summed E-state index contributed by atoms with van der Waals surface area (Å²) in [4.78, 5) is 15.8. The fraction of sp³-hybridized carbons (Fsp3) is 0.357. The van der Waals surface area contributed by atoms with Crippen molar-refractivity contribution >= 4 is 6.03 Å². The van der Waals surface area contributed by atoms with E-state index in [2.05, 4.69) is 25.8 Å². The predicted molar refractivity (Wildman–Crippen MR) is 76.9 cm³/mol. The molecule has 0 atom stereocenters. The quantitative estimate of drug-likeness (QED) is 0.788. The SMILES string of the molecule is CC(C)CNC(=O)NCc1nc(-c2ccc(F)cc2)n[nH]1. The third-order valence-electron chi connectivity index (χ3n) is 2.72. The molecular weight excluding hydrogens is 273 g/mol. The number of nitrogens with one attached hydrogen (secondary N) is 3. The Morgan fingerprint density at radius 3 is 2.67 bits per heavy atom. The van der Waals surface area contributed by atoms with Gasteiger partial charge in [0.15, 0.2) is 5.82 Å². The standard InChI is InChI=1S/C14H18FN5O/c1-9(2)7-16-14(21)17-8-12-18-13(20-19-12)10-3-5-11(15)6-4-10/h3-6,9H,7-8H2,1-2H3,(H2,16,17,21)(H,18,19,20). The van der Waals surface area contributed by atoms with Crippen LogP contribution in [0.3, 0.4) is 0 Å². The summed E-state index contributed by atoms with van der Waals surface area (Å²) in [5, 5.41) is 12.2. The van der Waals surface area contributed by atoms with Crippen LogP contribution in [-0.4, -0.2) is 27.8 Å². The lowest BCUT2D eigenvalue weighted by molar-refractivity contribution is 0.239. The number of aromatic nitrogens is 3. The van der Waals surface area contributed by atoms with E-state index < -0.39 is 0 Å². The maximum Gasteiger partial charge on any atom is 0.315 e. The molecular formula is C14H18FN5O. The zero-order valence-electron chi connectivity index (χ0n) is 12.0. The summed E-state index contributed by atoms with van der Waals surface area (Å²) in [7, 11) is 0. The van der Waals surface area contributed by atoms with E-state index in [4.69, 9.17) is 0 Å². The largest absolute Gasteiger partial charge is 0.338 e. The van der Waals surface area contributed by atoms with Crippen LogP contribution in [0, 0.1) is 11.7 Å². The second-order valence-corrected chi connectivity index (χ2v) is 5.07. The molecule has 0 fully saturated rings. The van der Waals surface area contributed by atoms with E-state index in [9.17, 15) is 9.18 Å². The third kappa shape index (κ3) is 4.55. The molecule has 21 heavy (non-hydrogen) atoms. The summed E-state index contributed by atoms with van der Waals surface area (Å²) >= 11 is 0. The summed E-state index contributed by atoms with van der Waals surface area (Å²) in [6.45, 7) is 4.90. The average Bonchev–Trinajstić information content (AvgIpc) is 2.92. The molecule has 112 valence electrons. The Balaban J connectivity index is 1.88. The molecule has 0 bridgehead atoms. The number of amides is 2. The zero-order valence-corrected chi connectivity index (χ0v) is 12.0. The van der Waals surface area contributed by atoms with Crippen molar-refractivity contribution in [2.75, 3.05) is 6.54 Å². The van der Waals surface area contributed by atoms with E-state index >= 15 is 0 Å². The molecule has 1 heterocycles. The molecule has 0 saturated carbocycles. The van der Waals surface area contributed by atoms with Crippen LogP contribution >= 0.6 is 0 Å². The Labute approximate surface area is 122 Å². The summed E-state index contributed by atoms with van der Waals surface area (Å²) in [6, 6.07) is 5.66. The Kier molecular flexibility index (Phi) is 4.86. The van der Waals surface area contributed by atoms with E-state index in [0.29, 0.717) is 29.7 Å². The number of halogens is 1. The molecule has 0 aliphatic heterocycles. The van der Waals surface area contributed by atoms with Crippen molar-refractivity contribution in [3.63, 3.8) is 0 Å². The van der Waals surface area contributed by atoms with Crippen molar-refractivity contribution in [1.82, 2.24) is 25.8 Å². The first kappa shape index (κ1) is 15.0. The van der Waals surface area contributed by atoms with Gasteiger partial charge < -0.3 is 10.6 Å². The second kappa shape index (κ2) is 6.83. The average molecular weight is 291 g/mol. The molecule has 0 saturated heterocycles. The van der Waals surface area contributed by atoms with Crippen LogP contribution in [0.25, 0.3) is 11.4 Å². The summed E-state index contributed by atoms with van der Waals surface area (Å²) in [6.07, 6.45) is 0. The number of urea groups is 1. The maximum atomic E-state index is 12.8. The van der Waals surface area contributed by atoms with Crippen LogP contribution in [-0.2, 0) is 6.54 Å². The first-order valence-electron chi connectivity index (χ1n) is 6.73. The van der Waals surface area contributed by atoms with Crippen LogP contribution in [0.4, 0.5) is 9.18 Å². The van der Waals surface area contributed by atoms with E-state index in [1.807, 2.05) is 13.8 Å². The van der Waals surface area contributed by atoms with Crippen LogP contribution in [0.2, 0.25) is 0 Å². The van der Waals surface area contributed by atoms with Crippen molar-refractivity contribution in [2.24, 2.45) is 5.92 Å². The zero-order chi connectivity index (χ0) is 15.2. The van der Waals surface area contributed by atoms with Gasteiger partial charge in [-0.25, -0.2) is 14.2 Å². The molecule has 3 N–H and O–H groups in total. The van der Waals surface area contributed by atoms with E-state index in [0.717, 1.165) is 0 Å². The molecule has 1 aromatic carbocycles. The van der Waals surface area contributed by atoms with Crippen molar-refractivity contribution < 1.29 is 9.18 Å². The second-order valence-electron chi connectivity index (χ2n) is 5.07. The molecule has 0 aliphatic carbocycles. The van der Waals surface area contributed by atoms with Gasteiger partial charge in [-0.3, -0.25) is 5.10 Å². The molecule has 2 amide bonds. The Morgan fingerprint density at radius 1 is 1.29 bits per heavy atom. The normalized spacial score (nSPS) is 10.7. The highest BCUT2D eigenvalue weighted by Crippen LogP contribution is 2.14. The molecule has 6 nitrogen and oxygen atoms in total. The Bertz CT molecular complexity index is 594. The van der Waals surface area contributed by atoms with Crippen LogP contribution in [0.5, 0.6) is 0 Å². The molecule has 0 aliphatic rings. The number of nitrogens with zero attached hydrogens (tertiary/aromatic N) is 2. The number of rotatable bonds is 5. The Hall–Kier alpha value is -2.44. The smallest absolute Gasteiger partial charge is 0.315 e. The minimum atomic E-state index is -0.307. The monoisotopic (exact) mass is 291 g/mol. The summed E-state index contributed by atoms with van der Waals surface area (Å²) < 4.78 is 12.8. The van der Waals surface area contributed by atoms with E-state index in [1.165, 1.54) is 12.1 Å². The lowest BCUT2D eigenvalue weighted by Crippen LogP contribution is -2.37. The summed E-state index contributed by atoms with van der Waals surface area (Å²) in [5.74, 6) is 1.09. The maximum absolute atomic E-state index is 12.8. The lowest BCUT2D eigenvalue weighted by atomic mass is 10.2. The molecule has 1 aromatic heterocycles. The molecule has 2 aromatic rings. The molecule has 2 rings (SSSR count).